The number of hydrogen-bond acceptors (Lipinski definition) is 2. The molecule has 0 aliphatic heterocycles. The first-order chi connectivity index (χ1) is 12.2. The number of hydrazone groups is 1. The van der Waals surface area contributed by atoms with Crippen LogP contribution in [-0.2, 0) is 6.54 Å². The van der Waals surface area contributed by atoms with Gasteiger partial charge in [0.1, 0.15) is 5.56 Å². The van der Waals surface area contributed by atoms with Crippen LogP contribution in [0, 0.1) is 0 Å². The number of carbonyl (C=O) groups is 1. The van der Waals surface area contributed by atoms with Gasteiger partial charge in [-0.2, -0.15) is 9.67 Å². The summed E-state index contributed by atoms with van der Waals surface area (Å²) in [5, 5.41) is 4.01. The summed E-state index contributed by atoms with van der Waals surface area (Å²) in [6.07, 6.45) is 5.37. The average molecular weight is 431 g/mol. The third kappa shape index (κ3) is 5.79. The highest BCUT2D eigenvalue weighted by molar-refractivity contribution is 9.10. The predicted octanol–water partition coefficient (Wildman–Crippen LogP) is 0.553. The second kappa shape index (κ2) is 9.85. The van der Waals surface area contributed by atoms with Crippen LogP contribution in [0.3, 0.4) is 0 Å². The van der Waals surface area contributed by atoms with Crippen LogP contribution in [0.25, 0.3) is 0 Å². The van der Waals surface area contributed by atoms with Crippen molar-refractivity contribution in [1.82, 2.24) is 5.43 Å². The number of hydrogen-bond donors (Lipinski definition) is 1. The van der Waals surface area contributed by atoms with Crippen LogP contribution in [0.4, 0.5) is 0 Å². The van der Waals surface area contributed by atoms with Gasteiger partial charge in [0.05, 0.1) is 6.21 Å². The summed E-state index contributed by atoms with van der Waals surface area (Å²) in [5.74, 6) is -0.240. The summed E-state index contributed by atoms with van der Waals surface area (Å²) in [4.78, 5) is 12.2. The molecule has 1 amide bonds. The van der Waals surface area contributed by atoms with Crippen LogP contribution in [0.5, 0.6) is 0 Å². The van der Waals surface area contributed by atoms with Crippen LogP contribution in [0.2, 0.25) is 0 Å². The minimum Gasteiger partial charge on any atom is -1.00 e. The van der Waals surface area contributed by atoms with E-state index in [1.165, 1.54) is 5.56 Å². The molecule has 0 fully saturated rings. The highest BCUT2D eigenvalue weighted by atomic mass is 79.9. The third-order valence-corrected chi connectivity index (χ3v) is 4.11. The fourth-order valence-corrected chi connectivity index (χ4v) is 2.59. The topological polar surface area (TPSA) is 45.3 Å². The molecule has 26 heavy (non-hydrogen) atoms. The van der Waals surface area contributed by atoms with E-state index >= 15 is 0 Å². The maximum Gasteiger partial charge on any atom is 0.277 e. The summed E-state index contributed by atoms with van der Waals surface area (Å²) in [5.41, 5.74) is 5.21. The SMILES string of the molecule is O=C(NN=Cc1ccc(Br)cc1)c1ccc[n+](Cc2ccccc2)c1.[Cl-]. The number of amides is 1. The van der Waals surface area contributed by atoms with Crippen molar-refractivity contribution in [2.75, 3.05) is 0 Å². The number of pyridine rings is 1. The molecule has 1 N–H and O–H groups in total. The molecule has 3 aromatic rings. The number of aromatic nitrogens is 1. The molecule has 0 aliphatic rings. The number of halogens is 2. The van der Waals surface area contributed by atoms with Crippen molar-refractivity contribution in [2.45, 2.75) is 6.54 Å². The fraction of sp³-hybridized carbons (Fsp3) is 0.0500. The minimum atomic E-state index is -0.240. The maximum absolute atomic E-state index is 12.2. The standard InChI is InChI=1S/C20H16BrN3O.ClH/c21-19-10-8-16(9-11-19)13-22-23-20(25)18-7-4-12-24(15-18)14-17-5-2-1-3-6-17;/h1-13,15H,14H2;1H. The van der Waals surface area contributed by atoms with Crippen LogP contribution in [0.15, 0.2) is 88.7 Å². The van der Waals surface area contributed by atoms with Crippen molar-refractivity contribution in [2.24, 2.45) is 5.10 Å². The highest BCUT2D eigenvalue weighted by Crippen LogP contribution is 2.09. The van der Waals surface area contributed by atoms with E-state index in [0.717, 1.165) is 10.0 Å². The lowest BCUT2D eigenvalue weighted by molar-refractivity contribution is -0.688. The molecule has 0 aliphatic carbocycles. The zero-order valence-corrected chi connectivity index (χ0v) is 16.2. The zero-order valence-electron chi connectivity index (χ0n) is 13.8. The number of benzene rings is 2. The Morgan fingerprint density at radius 3 is 2.50 bits per heavy atom. The summed E-state index contributed by atoms with van der Waals surface area (Å²) < 4.78 is 2.98. The van der Waals surface area contributed by atoms with Gasteiger partial charge < -0.3 is 12.4 Å². The van der Waals surface area contributed by atoms with E-state index in [2.05, 4.69) is 38.6 Å². The van der Waals surface area contributed by atoms with Crippen molar-refractivity contribution < 1.29 is 21.8 Å². The van der Waals surface area contributed by atoms with Gasteiger partial charge in [0.15, 0.2) is 18.9 Å². The molecule has 0 unspecified atom stereocenters. The van der Waals surface area contributed by atoms with E-state index < -0.39 is 0 Å². The number of rotatable bonds is 5. The smallest absolute Gasteiger partial charge is 0.277 e. The molecule has 0 saturated carbocycles. The fourth-order valence-electron chi connectivity index (χ4n) is 2.33. The number of nitrogens with one attached hydrogen (secondary N) is 1. The lowest BCUT2D eigenvalue weighted by atomic mass is 10.2. The van der Waals surface area contributed by atoms with E-state index in [1.54, 1.807) is 12.3 Å². The molecular formula is C20H17BrClN3O. The first-order valence-corrected chi connectivity index (χ1v) is 8.62. The van der Waals surface area contributed by atoms with Gasteiger partial charge in [0, 0.05) is 16.1 Å². The van der Waals surface area contributed by atoms with Crippen LogP contribution < -0.4 is 22.4 Å². The first-order valence-electron chi connectivity index (χ1n) is 7.83. The molecule has 3 rings (SSSR count). The predicted molar refractivity (Wildman–Crippen MR) is 101 cm³/mol. The lowest BCUT2D eigenvalue weighted by Crippen LogP contribution is -3.00. The molecule has 0 radical (unpaired) electrons. The molecule has 0 saturated heterocycles. The zero-order chi connectivity index (χ0) is 17.5. The van der Waals surface area contributed by atoms with Crippen molar-refractivity contribution in [3.63, 3.8) is 0 Å². The van der Waals surface area contributed by atoms with E-state index in [4.69, 9.17) is 0 Å². The van der Waals surface area contributed by atoms with Crippen molar-refractivity contribution in [1.29, 1.82) is 0 Å². The molecule has 0 bridgehead atoms. The highest BCUT2D eigenvalue weighted by Gasteiger charge is 2.10. The van der Waals surface area contributed by atoms with Gasteiger partial charge in [-0.1, -0.05) is 58.4 Å². The summed E-state index contributed by atoms with van der Waals surface area (Å²) >= 11 is 3.38. The van der Waals surface area contributed by atoms with Gasteiger partial charge in [-0.3, -0.25) is 4.79 Å². The Balaban J connectivity index is 0.00000243. The van der Waals surface area contributed by atoms with Crippen molar-refractivity contribution in [3.8, 4) is 0 Å². The molecule has 6 heteroatoms. The van der Waals surface area contributed by atoms with E-state index in [1.807, 2.05) is 65.5 Å². The third-order valence-electron chi connectivity index (χ3n) is 3.58. The number of carbonyl (C=O) groups excluding carboxylic acids is 1. The van der Waals surface area contributed by atoms with Crippen molar-refractivity contribution >= 4 is 28.1 Å². The van der Waals surface area contributed by atoms with Gasteiger partial charge in [-0.25, -0.2) is 5.43 Å². The van der Waals surface area contributed by atoms with Crippen LogP contribution >= 0.6 is 15.9 Å². The molecular weight excluding hydrogens is 414 g/mol. The summed E-state index contributed by atoms with van der Waals surface area (Å²) in [6, 6.07) is 21.4. The van der Waals surface area contributed by atoms with Gasteiger partial charge >= 0.3 is 0 Å². The second-order valence-corrected chi connectivity index (χ2v) is 6.42. The monoisotopic (exact) mass is 429 g/mol. The molecule has 132 valence electrons. The Bertz CT molecular complexity index is 883. The largest absolute Gasteiger partial charge is 1.00 e. The molecule has 2 aromatic carbocycles. The van der Waals surface area contributed by atoms with Crippen LogP contribution in [-0.4, -0.2) is 12.1 Å². The van der Waals surface area contributed by atoms with E-state index in [0.29, 0.717) is 12.1 Å². The normalized spacial score (nSPS) is 10.3. The van der Waals surface area contributed by atoms with Gasteiger partial charge in [-0.15, -0.1) is 0 Å². The molecule has 1 aromatic heterocycles. The van der Waals surface area contributed by atoms with Gasteiger partial charge in [0.25, 0.3) is 5.91 Å². The quantitative estimate of drug-likeness (QED) is 0.359. The van der Waals surface area contributed by atoms with Gasteiger partial charge in [-0.05, 0) is 23.8 Å². The average Bonchev–Trinajstić information content (AvgIpc) is 2.64. The Labute approximate surface area is 167 Å². The van der Waals surface area contributed by atoms with Crippen LogP contribution in [0.1, 0.15) is 21.5 Å². The molecule has 4 nitrogen and oxygen atoms in total. The first kappa shape index (κ1) is 19.8. The molecule has 0 spiro atoms. The Morgan fingerprint density at radius 2 is 1.77 bits per heavy atom. The van der Waals surface area contributed by atoms with Gasteiger partial charge in [0.2, 0.25) is 0 Å². The minimum absolute atomic E-state index is 0. The van der Waals surface area contributed by atoms with E-state index in [-0.39, 0.29) is 18.3 Å². The maximum atomic E-state index is 12.2. The number of nitrogens with zero attached hydrogens (tertiary/aromatic N) is 2. The second-order valence-electron chi connectivity index (χ2n) is 5.50. The van der Waals surface area contributed by atoms with Crippen molar-refractivity contribution in [3.05, 3.63) is 100 Å². The Kier molecular flexibility index (Phi) is 7.51. The molecule has 0 atom stereocenters. The lowest BCUT2D eigenvalue weighted by Gasteiger charge is -2.01. The Morgan fingerprint density at radius 1 is 1.04 bits per heavy atom. The molecule has 1 heterocycles. The Hall–Kier alpha value is -2.50. The summed E-state index contributed by atoms with van der Waals surface area (Å²) in [6.45, 7) is 0.712. The van der Waals surface area contributed by atoms with E-state index in [9.17, 15) is 4.79 Å². The summed E-state index contributed by atoms with van der Waals surface area (Å²) in [7, 11) is 0.